The van der Waals surface area contributed by atoms with Crippen LogP contribution in [0.3, 0.4) is 0 Å². The second kappa shape index (κ2) is 7.31. The van der Waals surface area contributed by atoms with E-state index in [2.05, 4.69) is 4.72 Å². The number of benzene rings is 1. The Morgan fingerprint density at radius 1 is 1.38 bits per heavy atom. The summed E-state index contributed by atoms with van der Waals surface area (Å²) in [6.07, 6.45) is 3.43. The second-order valence-electron chi connectivity index (χ2n) is 5.11. The fraction of sp³-hybridized carbons (Fsp3) is 0.500. The van der Waals surface area contributed by atoms with E-state index in [9.17, 15) is 8.42 Å². The van der Waals surface area contributed by atoms with Crippen LogP contribution in [0.2, 0.25) is 0 Å². The zero-order chi connectivity index (χ0) is 15.3. The average molecular weight is 328 g/mol. The molecule has 1 aliphatic heterocycles. The van der Waals surface area contributed by atoms with Crippen molar-refractivity contribution in [3.05, 3.63) is 29.8 Å². The third-order valence-electron chi connectivity index (χ3n) is 3.39. The zero-order valence-corrected chi connectivity index (χ0v) is 13.4. The Kier molecular flexibility index (Phi) is 5.69. The molecule has 0 saturated carbocycles. The third-order valence-corrected chi connectivity index (χ3v) is 5.02. The molecule has 0 spiro atoms. The van der Waals surface area contributed by atoms with Crippen LogP contribution in [0, 0.1) is 0 Å². The van der Waals surface area contributed by atoms with Gasteiger partial charge in [-0.2, -0.15) is 0 Å². The van der Waals surface area contributed by atoms with Crippen molar-refractivity contribution in [1.82, 2.24) is 4.72 Å². The molecule has 0 bridgehead atoms. The van der Waals surface area contributed by atoms with Crippen molar-refractivity contribution < 1.29 is 13.2 Å². The number of hydrogen-bond donors (Lipinski definition) is 2. The molecule has 21 heavy (non-hydrogen) atoms. The van der Waals surface area contributed by atoms with Crippen molar-refractivity contribution in [2.24, 2.45) is 5.73 Å². The van der Waals surface area contributed by atoms with Crippen molar-refractivity contribution in [1.29, 1.82) is 0 Å². The monoisotopic (exact) mass is 328 g/mol. The number of nitrogens with one attached hydrogen (secondary N) is 1. The van der Waals surface area contributed by atoms with Crippen LogP contribution >= 0.6 is 12.2 Å². The van der Waals surface area contributed by atoms with Gasteiger partial charge in [0, 0.05) is 19.6 Å². The molecule has 0 aliphatic carbocycles. The summed E-state index contributed by atoms with van der Waals surface area (Å²) in [7, 11) is -3.47. The Labute approximate surface area is 130 Å². The molecule has 116 valence electrons. The summed E-state index contributed by atoms with van der Waals surface area (Å²) in [5, 5.41) is 0. The first-order chi connectivity index (χ1) is 9.97. The molecule has 2 rings (SSSR count). The van der Waals surface area contributed by atoms with Crippen molar-refractivity contribution in [2.45, 2.75) is 36.7 Å². The number of sulfonamides is 1. The molecule has 1 aromatic rings. The quantitative estimate of drug-likeness (QED) is 0.739. The topological polar surface area (TPSA) is 81.4 Å². The molecule has 1 fully saturated rings. The van der Waals surface area contributed by atoms with E-state index in [1.54, 1.807) is 24.3 Å². The van der Waals surface area contributed by atoms with Gasteiger partial charge in [-0.05, 0) is 37.0 Å². The maximum Gasteiger partial charge on any atom is 0.240 e. The number of hydrogen-bond acceptors (Lipinski definition) is 4. The van der Waals surface area contributed by atoms with Gasteiger partial charge in [-0.3, -0.25) is 0 Å². The Morgan fingerprint density at radius 2 is 2.10 bits per heavy atom. The van der Waals surface area contributed by atoms with Crippen LogP contribution < -0.4 is 10.5 Å². The molecule has 1 saturated heterocycles. The summed E-state index contributed by atoms with van der Waals surface area (Å²) in [5.41, 5.74) is 6.37. The Hall–Kier alpha value is -1.02. The summed E-state index contributed by atoms with van der Waals surface area (Å²) >= 11 is 4.83. The fourth-order valence-electron chi connectivity index (χ4n) is 2.30. The molecule has 5 nitrogen and oxygen atoms in total. The highest BCUT2D eigenvalue weighted by atomic mass is 32.2. The van der Waals surface area contributed by atoms with Gasteiger partial charge in [0.25, 0.3) is 0 Å². The zero-order valence-electron chi connectivity index (χ0n) is 11.7. The van der Waals surface area contributed by atoms with E-state index < -0.39 is 10.0 Å². The van der Waals surface area contributed by atoms with Crippen LogP contribution in [0.4, 0.5) is 0 Å². The summed E-state index contributed by atoms with van der Waals surface area (Å²) < 4.78 is 32.3. The average Bonchev–Trinajstić information content (AvgIpc) is 2.91. The number of rotatable bonds is 7. The minimum atomic E-state index is -3.47. The first kappa shape index (κ1) is 16.4. The van der Waals surface area contributed by atoms with Crippen LogP contribution in [-0.4, -0.2) is 32.7 Å². The molecule has 1 unspecified atom stereocenters. The van der Waals surface area contributed by atoms with E-state index in [-0.39, 0.29) is 11.0 Å². The fourth-order valence-corrected chi connectivity index (χ4v) is 3.51. The van der Waals surface area contributed by atoms with Gasteiger partial charge in [-0.15, -0.1) is 0 Å². The van der Waals surface area contributed by atoms with E-state index in [1.807, 2.05) is 0 Å². The van der Waals surface area contributed by atoms with Crippen LogP contribution in [0.15, 0.2) is 29.2 Å². The van der Waals surface area contributed by atoms with Gasteiger partial charge in [0.1, 0.15) is 0 Å². The largest absolute Gasteiger partial charge is 0.393 e. The predicted octanol–water partition coefficient (Wildman–Crippen LogP) is 1.36. The maximum atomic E-state index is 12.1. The second-order valence-corrected chi connectivity index (χ2v) is 7.40. The highest BCUT2D eigenvalue weighted by Crippen LogP contribution is 2.15. The minimum Gasteiger partial charge on any atom is -0.393 e. The molecule has 7 heteroatoms. The van der Waals surface area contributed by atoms with E-state index in [1.165, 1.54) is 0 Å². The lowest BCUT2D eigenvalue weighted by Gasteiger charge is -2.11. The molecule has 1 aromatic carbocycles. The third kappa shape index (κ3) is 5.03. The lowest BCUT2D eigenvalue weighted by Crippen LogP contribution is -2.27. The molecular formula is C14H20N2O3S2. The number of ether oxygens (including phenoxy) is 1. The van der Waals surface area contributed by atoms with Gasteiger partial charge in [0.2, 0.25) is 10.0 Å². The van der Waals surface area contributed by atoms with Crippen molar-refractivity contribution in [3.8, 4) is 0 Å². The van der Waals surface area contributed by atoms with Crippen LogP contribution in [0.25, 0.3) is 0 Å². The van der Waals surface area contributed by atoms with E-state index in [4.69, 9.17) is 22.7 Å². The Bertz CT molecular complexity index is 579. The first-order valence-corrected chi connectivity index (χ1v) is 8.85. The molecular weight excluding hydrogens is 308 g/mol. The molecule has 0 radical (unpaired) electrons. The van der Waals surface area contributed by atoms with Gasteiger partial charge in [-0.25, -0.2) is 13.1 Å². The number of nitrogens with two attached hydrogens (primary N) is 1. The van der Waals surface area contributed by atoms with Gasteiger partial charge in [0.15, 0.2) is 0 Å². The molecule has 1 aliphatic rings. The van der Waals surface area contributed by atoms with Crippen LogP contribution in [0.1, 0.15) is 24.8 Å². The summed E-state index contributed by atoms with van der Waals surface area (Å²) in [6, 6.07) is 6.60. The summed E-state index contributed by atoms with van der Waals surface area (Å²) in [4.78, 5) is 0.641. The highest BCUT2D eigenvalue weighted by Gasteiger charge is 2.18. The highest BCUT2D eigenvalue weighted by molar-refractivity contribution is 7.89. The van der Waals surface area contributed by atoms with Crippen molar-refractivity contribution in [3.63, 3.8) is 0 Å². The number of thiocarbonyl (C=S) groups is 1. The Balaban J connectivity index is 1.90. The summed E-state index contributed by atoms with van der Waals surface area (Å²) in [6.45, 7) is 1.17. The lowest BCUT2D eigenvalue weighted by atomic mass is 10.1. The van der Waals surface area contributed by atoms with Crippen LogP contribution in [0.5, 0.6) is 0 Å². The lowest BCUT2D eigenvalue weighted by molar-refractivity contribution is 0.105. The minimum absolute atomic E-state index is 0.181. The smallest absolute Gasteiger partial charge is 0.240 e. The molecule has 0 aromatic heterocycles. The molecule has 1 heterocycles. The normalized spacial score (nSPS) is 18.8. The van der Waals surface area contributed by atoms with Crippen molar-refractivity contribution >= 4 is 27.2 Å². The standard InChI is InChI=1S/C14H20N2O3S2/c15-14(20)10-11-3-5-13(6-4-11)21(17,18)16-8-7-12-2-1-9-19-12/h3-6,12,16H,1-2,7-10H2,(H2,15,20). The molecule has 3 N–H and O–H groups in total. The summed E-state index contributed by atoms with van der Waals surface area (Å²) in [5.74, 6) is 0. The van der Waals surface area contributed by atoms with Crippen molar-refractivity contribution in [2.75, 3.05) is 13.2 Å². The Morgan fingerprint density at radius 3 is 2.67 bits per heavy atom. The van der Waals surface area contributed by atoms with Gasteiger partial charge in [0.05, 0.1) is 16.0 Å². The maximum absolute atomic E-state index is 12.1. The van der Waals surface area contributed by atoms with Gasteiger partial charge < -0.3 is 10.5 Å². The molecule has 0 amide bonds. The van der Waals surface area contributed by atoms with Gasteiger partial charge >= 0.3 is 0 Å². The van der Waals surface area contributed by atoms with E-state index >= 15 is 0 Å². The van der Waals surface area contributed by atoms with E-state index in [0.29, 0.717) is 24.4 Å². The van der Waals surface area contributed by atoms with Crippen LogP contribution in [-0.2, 0) is 21.2 Å². The SMILES string of the molecule is NC(=S)Cc1ccc(S(=O)(=O)NCCC2CCCO2)cc1. The van der Waals surface area contributed by atoms with E-state index in [0.717, 1.165) is 25.0 Å². The molecule has 1 atom stereocenters. The predicted molar refractivity (Wildman–Crippen MR) is 85.7 cm³/mol. The van der Waals surface area contributed by atoms with Gasteiger partial charge in [-0.1, -0.05) is 24.4 Å². The first-order valence-electron chi connectivity index (χ1n) is 6.96.